The number of alkyl halides is 3. The number of Topliss-reactive ketones (excluding diaryl/α,β-unsaturated/α-hetero) is 1. The summed E-state index contributed by atoms with van der Waals surface area (Å²) in [5.74, 6) is -2.66. The molecule has 0 saturated heterocycles. The lowest BCUT2D eigenvalue weighted by molar-refractivity contribution is -0.536. The van der Waals surface area contributed by atoms with Crippen LogP contribution in [0.1, 0.15) is 23.7 Å². The Morgan fingerprint density at radius 1 is 1.33 bits per heavy atom. The Balaban J connectivity index is 2.92. The average Bonchev–Trinajstić information content (AvgIpc) is 2.42. The van der Waals surface area contributed by atoms with Crippen molar-refractivity contribution in [3.63, 3.8) is 0 Å². The zero-order valence-corrected chi connectivity index (χ0v) is 11.4. The van der Waals surface area contributed by atoms with Crippen molar-refractivity contribution in [2.75, 3.05) is 7.11 Å². The van der Waals surface area contributed by atoms with Gasteiger partial charge in [-0.15, -0.1) is 0 Å². The number of rotatable bonds is 6. The molecule has 0 aromatic heterocycles. The highest BCUT2D eigenvalue weighted by atomic mass is 19.4. The first-order chi connectivity index (χ1) is 9.66. The van der Waals surface area contributed by atoms with Crippen LogP contribution in [0.5, 0.6) is 5.75 Å². The van der Waals surface area contributed by atoms with Crippen molar-refractivity contribution in [1.82, 2.24) is 0 Å². The monoisotopic (exact) mass is 305 g/mol. The molecular weight excluding hydrogens is 291 g/mol. The van der Waals surface area contributed by atoms with E-state index in [0.717, 1.165) is 6.92 Å². The van der Waals surface area contributed by atoms with E-state index in [9.17, 15) is 28.1 Å². The van der Waals surface area contributed by atoms with E-state index in [-0.39, 0.29) is 5.56 Å². The summed E-state index contributed by atoms with van der Waals surface area (Å²) in [6.07, 6.45) is -5.77. The maximum absolute atomic E-state index is 12.8. The number of ketones is 1. The van der Waals surface area contributed by atoms with E-state index < -0.39 is 35.3 Å². The highest BCUT2D eigenvalue weighted by Gasteiger charge is 2.49. The van der Waals surface area contributed by atoms with E-state index in [1.165, 1.54) is 31.4 Å². The van der Waals surface area contributed by atoms with Gasteiger partial charge >= 0.3 is 6.18 Å². The molecule has 1 aromatic rings. The van der Waals surface area contributed by atoms with Crippen molar-refractivity contribution in [2.24, 2.45) is 5.92 Å². The van der Waals surface area contributed by atoms with Crippen LogP contribution in [0.25, 0.3) is 0 Å². The lowest BCUT2D eigenvalue weighted by Crippen LogP contribution is -2.38. The summed E-state index contributed by atoms with van der Waals surface area (Å²) in [5, 5.41) is 10.6. The van der Waals surface area contributed by atoms with E-state index in [1.54, 1.807) is 0 Å². The van der Waals surface area contributed by atoms with Crippen LogP contribution in [0.2, 0.25) is 0 Å². The van der Waals surface area contributed by atoms with Gasteiger partial charge in [-0.05, 0) is 24.3 Å². The van der Waals surface area contributed by atoms with Gasteiger partial charge in [0, 0.05) is 23.8 Å². The molecule has 0 radical (unpaired) electrons. The van der Waals surface area contributed by atoms with E-state index >= 15 is 0 Å². The molecule has 0 fully saturated rings. The molecule has 2 unspecified atom stereocenters. The number of carbonyl (C=O) groups is 1. The van der Waals surface area contributed by atoms with Crippen LogP contribution in [0.3, 0.4) is 0 Å². The maximum Gasteiger partial charge on any atom is 0.398 e. The number of halogens is 3. The number of nitrogens with zero attached hydrogens (tertiary/aromatic N) is 1. The number of methoxy groups -OCH3 is 1. The quantitative estimate of drug-likeness (QED) is 0.460. The van der Waals surface area contributed by atoms with Gasteiger partial charge in [-0.1, -0.05) is 0 Å². The average molecular weight is 305 g/mol. The lowest BCUT2D eigenvalue weighted by atomic mass is 9.92. The van der Waals surface area contributed by atoms with Gasteiger partial charge in [-0.3, -0.25) is 14.9 Å². The summed E-state index contributed by atoms with van der Waals surface area (Å²) in [5.41, 5.74) is 0.0561. The second-order valence-corrected chi connectivity index (χ2v) is 4.53. The van der Waals surface area contributed by atoms with Crippen LogP contribution in [0.15, 0.2) is 24.3 Å². The molecule has 5 nitrogen and oxygen atoms in total. The van der Waals surface area contributed by atoms with Crippen LogP contribution in [0, 0.1) is 16.0 Å². The number of hydrogen-bond donors (Lipinski definition) is 0. The third-order valence-corrected chi connectivity index (χ3v) is 3.15. The Kier molecular flexibility index (Phi) is 5.28. The molecule has 1 aromatic carbocycles. The summed E-state index contributed by atoms with van der Waals surface area (Å²) in [4.78, 5) is 21.4. The molecule has 0 aliphatic heterocycles. The number of carbonyl (C=O) groups excluding carboxylic acids is 1. The minimum atomic E-state index is -4.81. The van der Waals surface area contributed by atoms with Gasteiger partial charge in [0.2, 0.25) is 6.04 Å². The van der Waals surface area contributed by atoms with Crippen molar-refractivity contribution in [3.8, 4) is 5.75 Å². The molecule has 8 heteroatoms. The minimum Gasteiger partial charge on any atom is -0.497 e. The summed E-state index contributed by atoms with van der Waals surface area (Å²) in [6, 6.07) is 3.64. The molecule has 0 amide bonds. The Bertz CT molecular complexity index is 513. The fourth-order valence-corrected chi connectivity index (χ4v) is 1.80. The zero-order chi connectivity index (χ0) is 16.2. The topological polar surface area (TPSA) is 69.4 Å². The first-order valence-corrected chi connectivity index (χ1v) is 6.04. The highest BCUT2D eigenvalue weighted by molar-refractivity contribution is 5.96. The van der Waals surface area contributed by atoms with E-state index in [4.69, 9.17) is 4.74 Å². The van der Waals surface area contributed by atoms with Gasteiger partial charge in [-0.2, -0.15) is 13.2 Å². The fourth-order valence-electron chi connectivity index (χ4n) is 1.80. The molecule has 1 rings (SSSR count). The van der Waals surface area contributed by atoms with Gasteiger partial charge in [0.15, 0.2) is 5.78 Å². The first-order valence-electron chi connectivity index (χ1n) is 6.04. The summed E-state index contributed by atoms with van der Waals surface area (Å²) in [6.45, 7) is 0.847. The smallest absolute Gasteiger partial charge is 0.398 e. The van der Waals surface area contributed by atoms with Gasteiger partial charge in [0.05, 0.1) is 7.11 Å². The lowest BCUT2D eigenvalue weighted by Gasteiger charge is -2.20. The molecule has 0 bridgehead atoms. The predicted molar refractivity (Wildman–Crippen MR) is 67.9 cm³/mol. The summed E-state index contributed by atoms with van der Waals surface area (Å²) < 4.78 is 43.4. The minimum absolute atomic E-state index is 0.0561. The predicted octanol–water partition coefficient (Wildman–Crippen LogP) is 3.11. The fraction of sp³-hybridized carbons (Fsp3) is 0.462. The Hall–Kier alpha value is -2.12. The van der Waals surface area contributed by atoms with Crippen LogP contribution < -0.4 is 4.74 Å². The van der Waals surface area contributed by atoms with Crippen molar-refractivity contribution in [3.05, 3.63) is 39.9 Å². The number of hydrogen-bond acceptors (Lipinski definition) is 4. The van der Waals surface area contributed by atoms with Gasteiger partial charge < -0.3 is 4.74 Å². The first kappa shape index (κ1) is 16.9. The Morgan fingerprint density at radius 3 is 2.24 bits per heavy atom. The second-order valence-electron chi connectivity index (χ2n) is 4.53. The standard InChI is InChI=1S/C13H14F3NO4/c1-8(17(19)20)11(13(14,15)16)7-12(18)9-3-5-10(21-2)6-4-9/h3-6,8,11H,7H2,1-2H3. The van der Waals surface area contributed by atoms with E-state index in [1.807, 2.05) is 0 Å². The van der Waals surface area contributed by atoms with Gasteiger partial charge in [-0.25, -0.2) is 0 Å². The van der Waals surface area contributed by atoms with Gasteiger partial charge in [0.1, 0.15) is 11.7 Å². The molecular formula is C13H14F3NO4. The number of benzene rings is 1. The molecule has 21 heavy (non-hydrogen) atoms. The highest BCUT2D eigenvalue weighted by Crippen LogP contribution is 2.33. The molecule has 116 valence electrons. The van der Waals surface area contributed by atoms with Crippen molar-refractivity contribution in [2.45, 2.75) is 25.6 Å². The molecule has 0 saturated carbocycles. The van der Waals surface area contributed by atoms with Crippen LogP contribution in [-0.4, -0.2) is 30.0 Å². The molecule has 0 heterocycles. The van der Waals surface area contributed by atoms with Gasteiger partial charge in [0.25, 0.3) is 0 Å². The Labute approximate surface area is 118 Å². The summed E-state index contributed by atoms with van der Waals surface area (Å²) in [7, 11) is 1.41. The van der Waals surface area contributed by atoms with Crippen LogP contribution in [-0.2, 0) is 0 Å². The summed E-state index contributed by atoms with van der Waals surface area (Å²) >= 11 is 0. The number of nitro groups is 1. The Morgan fingerprint density at radius 2 is 1.86 bits per heavy atom. The molecule has 0 N–H and O–H groups in total. The van der Waals surface area contributed by atoms with E-state index in [2.05, 4.69) is 0 Å². The van der Waals surface area contributed by atoms with Crippen molar-refractivity contribution in [1.29, 1.82) is 0 Å². The third-order valence-electron chi connectivity index (χ3n) is 3.15. The normalized spacial score (nSPS) is 14.3. The number of ether oxygens (including phenoxy) is 1. The van der Waals surface area contributed by atoms with Crippen LogP contribution >= 0.6 is 0 Å². The van der Waals surface area contributed by atoms with Crippen molar-refractivity contribution < 1.29 is 27.6 Å². The second kappa shape index (κ2) is 6.55. The molecule has 0 spiro atoms. The van der Waals surface area contributed by atoms with Crippen molar-refractivity contribution >= 4 is 5.78 Å². The SMILES string of the molecule is COc1ccc(C(=O)CC(C(C)[N+](=O)[O-])C(F)(F)F)cc1. The van der Waals surface area contributed by atoms with E-state index in [0.29, 0.717) is 5.75 Å². The largest absolute Gasteiger partial charge is 0.497 e. The maximum atomic E-state index is 12.8. The molecule has 2 atom stereocenters. The third kappa shape index (κ3) is 4.44. The van der Waals surface area contributed by atoms with Crippen LogP contribution in [0.4, 0.5) is 13.2 Å². The molecule has 0 aliphatic carbocycles. The zero-order valence-electron chi connectivity index (χ0n) is 11.4. The molecule has 0 aliphatic rings.